The van der Waals surface area contributed by atoms with Gasteiger partial charge in [0, 0.05) is 31.6 Å². The molecule has 0 bridgehead atoms. The Morgan fingerprint density at radius 3 is 1.94 bits per heavy atom. The van der Waals surface area contributed by atoms with Crippen molar-refractivity contribution in [1.82, 2.24) is 31.1 Å². The van der Waals surface area contributed by atoms with E-state index in [-0.39, 0.29) is 24.4 Å². The summed E-state index contributed by atoms with van der Waals surface area (Å²) in [7, 11) is 4.34. The lowest BCUT2D eigenvalue weighted by Crippen LogP contribution is -2.59. The van der Waals surface area contributed by atoms with E-state index >= 15 is 0 Å². The Balaban J connectivity index is 1.82. The summed E-state index contributed by atoms with van der Waals surface area (Å²) in [6.45, 7) is 5.83. The van der Waals surface area contributed by atoms with Gasteiger partial charge in [-0.1, -0.05) is 74.5 Å². The van der Waals surface area contributed by atoms with Crippen molar-refractivity contribution in [3.8, 4) is 11.5 Å². The van der Waals surface area contributed by atoms with Crippen molar-refractivity contribution in [2.75, 3.05) is 34.4 Å². The van der Waals surface area contributed by atoms with Crippen LogP contribution in [-0.4, -0.2) is 104 Å². The largest absolute Gasteiger partial charge is 0.497 e. The monoisotopic (exact) mass is 742 g/mol. The SMILES string of the molecule is COc1cc(OC)cc(C(=O)N2CC(=O)N[C@@H](Cc3ccccc3)C(=O)N(C)[C@@H](C)C(=O)N[C@H](C(C)C)C(=O)N[C@@H](C)C(=O)N[C@H](c3ccccc3)C2)c1. The molecule has 1 heterocycles. The smallest absolute Gasteiger partial charge is 0.254 e. The molecule has 1 aliphatic rings. The third-order valence-corrected chi connectivity index (χ3v) is 9.36. The molecule has 0 unspecified atom stereocenters. The molecule has 1 saturated heterocycles. The maximum absolute atomic E-state index is 14.4. The van der Waals surface area contributed by atoms with Gasteiger partial charge >= 0.3 is 0 Å². The van der Waals surface area contributed by atoms with Crippen LogP contribution in [0, 0.1) is 5.92 Å². The van der Waals surface area contributed by atoms with Crippen molar-refractivity contribution in [2.45, 2.75) is 64.3 Å². The third-order valence-electron chi connectivity index (χ3n) is 9.36. The number of hydrogen-bond acceptors (Lipinski definition) is 8. The second kappa shape index (κ2) is 18.7. The Morgan fingerprint density at radius 2 is 1.37 bits per heavy atom. The van der Waals surface area contributed by atoms with E-state index in [1.165, 1.54) is 57.0 Å². The predicted octanol–water partition coefficient (Wildman–Crippen LogP) is 2.24. The van der Waals surface area contributed by atoms with E-state index in [0.717, 1.165) is 5.56 Å². The van der Waals surface area contributed by atoms with Crippen LogP contribution < -0.4 is 30.7 Å². The van der Waals surface area contributed by atoms with Crippen LogP contribution in [0.25, 0.3) is 0 Å². The highest BCUT2D eigenvalue weighted by atomic mass is 16.5. The molecule has 3 aromatic carbocycles. The molecule has 0 aliphatic carbocycles. The molecule has 14 nitrogen and oxygen atoms in total. The zero-order valence-corrected chi connectivity index (χ0v) is 31.8. The number of likely N-dealkylation sites (N-methyl/N-ethyl adjacent to an activating group) is 1. The van der Waals surface area contributed by atoms with Crippen LogP contribution in [-0.2, 0) is 30.4 Å². The molecule has 0 spiro atoms. The summed E-state index contributed by atoms with van der Waals surface area (Å²) in [5, 5.41) is 11.2. The van der Waals surface area contributed by atoms with Crippen molar-refractivity contribution in [2.24, 2.45) is 5.92 Å². The molecule has 4 rings (SSSR count). The van der Waals surface area contributed by atoms with Gasteiger partial charge in [0.05, 0.1) is 26.8 Å². The molecule has 0 aromatic heterocycles. The fourth-order valence-electron chi connectivity index (χ4n) is 6.02. The average Bonchev–Trinajstić information content (AvgIpc) is 3.17. The first kappa shape index (κ1) is 40.8. The summed E-state index contributed by atoms with van der Waals surface area (Å²) in [6.07, 6.45) is 0.0860. The number of rotatable bonds is 7. The van der Waals surface area contributed by atoms with Crippen molar-refractivity contribution >= 4 is 35.4 Å². The molecule has 0 radical (unpaired) electrons. The normalized spacial score (nSPS) is 22.3. The average molecular weight is 743 g/mol. The summed E-state index contributed by atoms with van der Waals surface area (Å²) < 4.78 is 10.8. The highest BCUT2D eigenvalue weighted by molar-refractivity contribution is 5.99. The molecule has 4 N–H and O–H groups in total. The quantitative estimate of drug-likeness (QED) is 0.285. The number of methoxy groups -OCH3 is 2. The second-order valence-electron chi connectivity index (χ2n) is 13.7. The second-order valence-corrected chi connectivity index (χ2v) is 13.7. The Bertz CT molecular complexity index is 1780. The number of carbonyl (C=O) groups excluding carboxylic acids is 6. The number of benzene rings is 3. The fraction of sp³-hybridized carbons (Fsp3) is 0.400. The fourth-order valence-corrected chi connectivity index (χ4v) is 6.02. The Morgan fingerprint density at radius 1 is 0.778 bits per heavy atom. The predicted molar refractivity (Wildman–Crippen MR) is 201 cm³/mol. The highest BCUT2D eigenvalue weighted by Crippen LogP contribution is 2.25. The standard InChI is InChI=1S/C40H50N6O8/c1-24(2)35-38(50)41-25(3)36(48)43-33(28-16-12-9-13-17-28)22-46(39(51)29-19-30(53-6)21-31(20-29)54-7)23-34(47)42-32(18-27-14-10-8-11-15-27)40(52)45(5)26(4)37(49)44-35/h8-17,19-21,24-26,32-33,35H,18,22-23H2,1-7H3,(H,41,50)(H,42,47)(H,43,48)(H,44,49)/t25-,26-,32-,33-,35+/m0/s1. The van der Waals surface area contributed by atoms with Crippen molar-refractivity contribution in [3.05, 3.63) is 95.6 Å². The van der Waals surface area contributed by atoms with E-state index in [1.54, 1.807) is 62.4 Å². The van der Waals surface area contributed by atoms with E-state index in [4.69, 9.17) is 9.47 Å². The highest BCUT2D eigenvalue weighted by Gasteiger charge is 2.35. The zero-order valence-electron chi connectivity index (χ0n) is 31.8. The molecular weight excluding hydrogens is 692 g/mol. The first-order valence-electron chi connectivity index (χ1n) is 17.8. The molecule has 0 saturated carbocycles. The van der Waals surface area contributed by atoms with Gasteiger partial charge in [-0.15, -0.1) is 0 Å². The van der Waals surface area contributed by atoms with Gasteiger partial charge in [-0.2, -0.15) is 0 Å². The number of carbonyl (C=O) groups is 6. The minimum absolute atomic E-state index is 0.0860. The summed E-state index contributed by atoms with van der Waals surface area (Å²) in [5.74, 6) is -3.23. The number of hydrogen-bond donors (Lipinski definition) is 4. The topological polar surface area (TPSA) is 175 Å². The lowest BCUT2D eigenvalue weighted by Gasteiger charge is -2.33. The molecular formula is C40H50N6O8. The van der Waals surface area contributed by atoms with Crippen LogP contribution in [0.5, 0.6) is 11.5 Å². The van der Waals surface area contributed by atoms with Crippen molar-refractivity contribution < 1.29 is 38.2 Å². The Labute approximate surface area is 315 Å². The molecule has 1 aliphatic heterocycles. The van der Waals surface area contributed by atoms with Gasteiger partial charge in [0.2, 0.25) is 29.5 Å². The van der Waals surface area contributed by atoms with Crippen LogP contribution in [0.1, 0.15) is 55.2 Å². The third kappa shape index (κ3) is 10.6. The molecule has 6 amide bonds. The van der Waals surface area contributed by atoms with Gasteiger partial charge in [0.25, 0.3) is 5.91 Å². The minimum Gasteiger partial charge on any atom is -0.497 e. The van der Waals surface area contributed by atoms with Crippen LogP contribution >= 0.6 is 0 Å². The molecule has 288 valence electrons. The zero-order chi connectivity index (χ0) is 39.5. The lowest BCUT2D eigenvalue weighted by atomic mass is 10.0. The summed E-state index contributed by atoms with van der Waals surface area (Å²) in [5.41, 5.74) is 1.52. The van der Waals surface area contributed by atoms with Crippen LogP contribution in [0.3, 0.4) is 0 Å². The number of amides is 6. The molecule has 54 heavy (non-hydrogen) atoms. The summed E-state index contributed by atoms with van der Waals surface area (Å²) in [4.78, 5) is 85.8. The van der Waals surface area contributed by atoms with E-state index in [1.807, 2.05) is 18.2 Å². The minimum atomic E-state index is -1.14. The van der Waals surface area contributed by atoms with Crippen LogP contribution in [0.4, 0.5) is 0 Å². The lowest BCUT2D eigenvalue weighted by molar-refractivity contribution is -0.142. The van der Waals surface area contributed by atoms with Gasteiger partial charge in [-0.05, 0) is 43.0 Å². The van der Waals surface area contributed by atoms with Crippen LogP contribution in [0.2, 0.25) is 0 Å². The van der Waals surface area contributed by atoms with Gasteiger partial charge in [0.15, 0.2) is 0 Å². The van der Waals surface area contributed by atoms with E-state index < -0.39 is 72.2 Å². The Hall–Kier alpha value is -5.92. The van der Waals surface area contributed by atoms with Crippen molar-refractivity contribution in [1.29, 1.82) is 0 Å². The maximum Gasteiger partial charge on any atom is 0.254 e. The van der Waals surface area contributed by atoms with Gasteiger partial charge in [-0.3, -0.25) is 28.8 Å². The maximum atomic E-state index is 14.4. The van der Waals surface area contributed by atoms with Gasteiger partial charge in [-0.25, -0.2) is 0 Å². The number of nitrogens with zero attached hydrogens (tertiary/aromatic N) is 2. The molecule has 14 heteroatoms. The first-order valence-corrected chi connectivity index (χ1v) is 17.8. The van der Waals surface area contributed by atoms with Gasteiger partial charge < -0.3 is 40.5 Å². The van der Waals surface area contributed by atoms with E-state index in [9.17, 15) is 28.8 Å². The van der Waals surface area contributed by atoms with E-state index in [2.05, 4.69) is 21.3 Å². The number of nitrogens with one attached hydrogen (secondary N) is 4. The summed E-state index contributed by atoms with van der Waals surface area (Å²) in [6, 6.07) is 17.5. The molecule has 3 aromatic rings. The van der Waals surface area contributed by atoms with Crippen molar-refractivity contribution in [3.63, 3.8) is 0 Å². The summed E-state index contributed by atoms with van der Waals surface area (Å²) >= 11 is 0. The van der Waals surface area contributed by atoms with E-state index in [0.29, 0.717) is 17.1 Å². The van der Waals surface area contributed by atoms with Gasteiger partial charge in [0.1, 0.15) is 35.7 Å². The van der Waals surface area contributed by atoms with Crippen LogP contribution in [0.15, 0.2) is 78.9 Å². The Kier molecular flexibility index (Phi) is 14.2. The molecule has 1 fully saturated rings. The molecule has 5 atom stereocenters. The first-order chi connectivity index (χ1) is 25.7. The number of ether oxygens (including phenoxy) is 2.